The van der Waals surface area contributed by atoms with Gasteiger partial charge in [0.2, 0.25) is 0 Å². The van der Waals surface area contributed by atoms with E-state index in [1.807, 2.05) is 0 Å². The lowest BCUT2D eigenvalue weighted by molar-refractivity contribution is -0.132. The van der Waals surface area contributed by atoms with Gasteiger partial charge in [0.1, 0.15) is 12.2 Å². The molecule has 0 rings (SSSR count). The molecule has 132 valence electrons. The summed E-state index contributed by atoms with van der Waals surface area (Å²) in [4.78, 5) is 18.5. The van der Waals surface area contributed by atoms with Crippen LogP contribution < -0.4 is 0 Å². The first kappa shape index (κ1) is 28.4. The number of rotatable bonds is 6. The lowest BCUT2D eigenvalue weighted by Crippen LogP contribution is -2.15. The normalized spacial score (nSPS) is 8.36. The highest BCUT2D eigenvalue weighted by Gasteiger charge is 1.94. The summed E-state index contributed by atoms with van der Waals surface area (Å²) in [5.41, 5.74) is 0. The molecule has 0 aliphatic heterocycles. The molecule has 22 heavy (non-hydrogen) atoms. The number of hydrogen-bond acceptors (Lipinski definition) is 8. The van der Waals surface area contributed by atoms with Crippen molar-refractivity contribution in [3.8, 4) is 0 Å². The van der Waals surface area contributed by atoms with Crippen LogP contribution in [0.15, 0.2) is 25.3 Å². The second kappa shape index (κ2) is 24.2. The molecule has 0 saturated heterocycles. The number of carboxylic acids is 2. The van der Waals surface area contributed by atoms with E-state index >= 15 is 0 Å². The van der Waals surface area contributed by atoms with Crippen LogP contribution in [0.5, 0.6) is 0 Å². The Balaban J connectivity index is -0.0000000986. The number of aliphatic hydroxyl groups excluding tert-OH is 6. The molecule has 0 amide bonds. The Kier molecular flexibility index (Phi) is 31.2. The van der Waals surface area contributed by atoms with Crippen molar-refractivity contribution in [1.29, 1.82) is 0 Å². The molecule has 0 saturated carbocycles. The predicted octanol–water partition coefficient (Wildman–Crippen LogP) is -2.82. The third kappa shape index (κ3) is 51.8. The van der Waals surface area contributed by atoms with E-state index in [0.717, 1.165) is 12.2 Å². The van der Waals surface area contributed by atoms with E-state index in [4.69, 9.17) is 40.9 Å². The van der Waals surface area contributed by atoms with E-state index in [1.165, 1.54) is 0 Å². The van der Waals surface area contributed by atoms with Gasteiger partial charge >= 0.3 is 11.9 Å². The number of carboxylic acid groups (broad SMARTS) is 2. The van der Waals surface area contributed by atoms with Crippen molar-refractivity contribution in [2.45, 2.75) is 12.2 Å². The Labute approximate surface area is 127 Å². The van der Waals surface area contributed by atoms with Crippen molar-refractivity contribution < 1.29 is 50.4 Å². The molecule has 0 atom stereocenters. The van der Waals surface area contributed by atoms with Crippen molar-refractivity contribution >= 4 is 11.9 Å². The highest BCUT2D eigenvalue weighted by atomic mass is 16.4. The number of aliphatic carboxylic acids is 2. The minimum Gasteiger partial charge on any atom is -0.478 e. The summed E-state index contributed by atoms with van der Waals surface area (Å²) in [5, 5.41) is 63.2. The molecule has 0 aromatic carbocycles. The molecule has 10 heteroatoms. The summed E-state index contributed by atoms with van der Waals surface area (Å²) in [7, 11) is 0. The second-order valence-corrected chi connectivity index (χ2v) is 3.12. The van der Waals surface area contributed by atoms with Gasteiger partial charge in [-0.3, -0.25) is 0 Å². The van der Waals surface area contributed by atoms with Crippen LogP contribution in [0, 0.1) is 0 Å². The van der Waals surface area contributed by atoms with Crippen LogP contribution in [-0.4, -0.2) is 91.4 Å². The Morgan fingerprint density at radius 2 is 0.864 bits per heavy atom. The first-order valence-corrected chi connectivity index (χ1v) is 5.66. The molecule has 0 aromatic heterocycles. The quantitative estimate of drug-likeness (QED) is 0.235. The van der Waals surface area contributed by atoms with Gasteiger partial charge in [-0.1, -0.05) is 13.2 Å². The molecule has 0 aromatic rings. The van der Waals surface area contributed by atoms with Crippen molar-refractivity contribution in [2.75, 3.05) is 26.4 Å². The minimum absolute atomic E-state index is 0.365. The molecule has 0 heterocycles. The summed E-state index contributed by atoms with van der Waals surface area (Å²) in [6.45, 7) is 4.46. The van der Waals surface area contributed by atoms with Gasteiger partial charge in [-0.05, 0) is 0 Å². The van der Waals surface area contributed by atoms with Gasteiger partial charge in [-0.25, -0.2) is 9.59 Å². The van der Waals surface area contributed by atoms with Crippen LogP contribution in [0.3, 0.4) is 0 Å². The predicted molar refractivity (Wildman–Crippen MR) is 76.0 cm³/mol. The van der Waals surface area contributed by atoms with Gasteiger partial charge in [0, 0.05) is 12.2 Å². The smallest absolute Gasteiger partial charge is 0.327 e. The monoisotopic (exact) mass is 328 g/mol. The fourth-order valence-corrected chi connectivity index (χ4v) is 0.115. The Morgan fingerprint density at radius 3 is 0.864 bits per heavy atom. The Hall–Kier alpha value is -1.82. The first-order chi connectivity index (χ1) is 10.2. The van der Waals surface area contributed by atoms with Crippen LogP contribution in [0.2, 0.25) is 0 Å². The summed E-state index contributed by atoms with van der Waals surface area (Å²) < 4.78 is 0. The van der Waals surface area contributed by atoms with Crippen LogP contribution in [0.25, 0.3) is 0 Å². The lowest BCUT2D eigenvalue weighted by atomic mass is 10.4. The zero-order valence-corrected chi connectivity index (χ0v) is 11.9. The zero-order valence-electron chi connectivity index (χ0n) is 11.9. The molecule has 8 N–H and O–H groups in total. The van der Waals surface area contributed by atoms with Crippen molar-refractivity contribution in [2.24, 2.45) is 0 Å². The standard InChI is InChI=1S/2C3H8O3.2C3H4O2/c2*4-1-3(6)2-5;2*1-2-3(4)5/h2*3-6H,1-2H2;2*2H,1H2,(H,4,5). The van der Waals surface area contributed by atoms with Crippen molar-refractivity contribution in [3.05, 3.63) is 25.3 Å². The Bertz CT molecular complexity index is 243. The van der Waals surface area contributed by atoms with Crippen molar-refractivity contribution in [3.63, 3.8) is 0 Å². The average molecular weight is 328 g/mol. The molecule has 0 radical (unpaired) electrons. The lowest BCUT2D eigenvalue weighted by Gasteiger charge is -1.96. The summed E-state index contributed by atoms with van der Waals surface area (Å²) >= 11 is 0. The average Bonchev–Trinajstić information content (AvgIpc) is 2.54. The SMILES string of the molecule is C=CC(=O)O.C=CC(=O)O.OCC(O)CO.OCC(O)CO. The van der Waals surface area contributed by atoms with Crippen LogP contribution >= 0.6 is 0 Å². The van der Waals surface area contributed by atoms with E-state index in [1.54, 1.807) is 0 Å². The third-order valence-corrected chi connectivity index (χ3v) is 1.19. The number of aliphatic hydroxyl groups is 6. The van der Waals surface area contributed by atoms with E-state index in [0.29, 0.717) is 0 Å². The summed E-state index contributed by atoms with van der Waals surface area (Å²) in [6.07, 6.45) is -0.241. The maximum absolute atomic E-state index is 9.25. The van der Waals surface area contributed by atoms with Gasteiger partial charge in [0.05, 0.1) is 26.4 Å². The summed E-state index contributed by atoms with van der Waals surface area (Å²) in [6, 6.07) is 0. The molecule has 0 fully saturated rings. The van der Waals surface area contributed by atoms with Gasteiger partial charge in [-0.15, -0.1) is 0 Å². The number of carbonyl (C=O) groups is 2. The van der Waals surface area contributed by atoms with Gasteiger partial charge < -0.3 is 40.9 Å². The Morgan fingerprint density at radius 1 is 0.727 bits per heavy atom. The molecule has 0 bridgehead atoms. The van der Waals surface area contributed by atoms with Crippen LogP contribution in [0.1, 0.15) is 0 Å². The van der Waals surface area contributed by atoms with E-state index in [-0.39, 0.29) is 26.4 Å². The van der Waals surface area contributed by atoms with Gasteiger partial charge in [0.25, 0.3) is 0 Å². The topological polar surface area (TPSA) is 196 Å². The number of hydrogen-bond donors (Lipinski definition) is 8. The van der Waals surface area contributed by atoms with E-state index in [9.17, 15) is 9.59 Å². The van der Waals surface area contributed by atoms with Crippen LogP contribution in [0.4, 0.5) is 0 Å². The maximum Gasteiger partial charge on any atom is 0.327 e. The fourth-order valence-electron chi connectivity index (χ4n) is 0.115. The third-order valence-electron chi connectivity index (χ3n) is 1.19. The summed E-state index contributed by atoms with van der Waals surface area (Å²) in [5.74, 6) is -1.96. The second-order valence-electron chi connectivity index (χ2n) is 3.12. The van der Waals surface area contributed by atoms with Crippen LogP contribution in [-0.2, 0) is 9.59 Å². The minimum atomic E-state index is -0.981. The molecule has 0 unspecified atom stereocenters. The zero-order chi connectivity index (χ0) is 18.6. The largest absolute Gasteiger partial charge is 0.478 e. The van der Waals surface area contributed by atoms with Gasteiger partial charge in [0.15, 0.2) is 0 Å². The molecule has 0 aliphatic rings. The highest BCUT2D eigenvalue weighted by molar-refractivity contribution is 5.79. The molecular weight excluding hydrogens is 304 g/mol. The molecule has 0 aliphatic carbocycles. The highest BCUT2D eigenvalue weighted by Crippen LogP contribution is 1.72. The van der Waals surface area contributed by atoms with E-state index < -0.39 is 24.1 Å². The van der Waals surface area contributed by atoms with E-state index in [2.05, 4.69) is 13.2 Å². The molecule has 0 spiro atoms. The fraction of sp³-hybridized carbons (Fsp3) is 0.500. The van der Waals surface area contributed by atoms with Gasteiger partial charge in [-0.2, -0.15) is 0 Å². The maximum atomic E-state index is 9.25. The molecule has 10 nitrogen and oxygen atoms in total. The first-order valence-electron chi connectivity index (χ1n) is 5.66. The van der Waals surface area contributed by atoms with Crippen molar-refractivity contribution in [1.82, 2.24) is 0 Å². The molecular formula is C12H24O10.